The van der Waals surface area contributed by atoms with Crippen LogP contribution in [-0.4, -0.2) is 26.7 Å². The largest absolute Gasteiger partial charge is 0.507 e. The van der Waals surface area contributed by atoms with Crippen molar-refractivity contribution in [3.8, 4) is 34.0 Å². The summed E-state index contributed by atoms with van der Waals surface area (Å²) in [5, 5.41) is 13.4. The summed E-state index contributed by atoms with van der Waals surface area (Å²) >= 11 is 0. The molecule has 2 aliphatic rings. The van der Waals surface area contributed by atoms with Gasteiger partial charge < -0.3 is 9.84 Å². The molecule has 0 radical (unpaired) electrons. The monoisotopic (exact) mass is 625 g/mol. The molecule has 5 heteroatoms. The Kier molecular flexibility index (Phi) is 6.35. The van der Waals surface area contributed by atoms with Gasteiger partial charge >= 0.3 is 0 Å². The van der Waals surface area contributed by atoms with Crippen molar-refractivity contribution < 1.29 is 9.84 Å². The predicted molar refractivity (Wildman–Crippen MR) is 194 cm³/mol. The summed E-state index contributed by atoms with van der Waals surface area (Å²) in [5.41, 5.74) is 10.4. The molecule has 0 saturated carbocycles. The number of imidazole rings is 1. The standard InChI is InChI=1S/C43H35N3O2/c1-43(2,3)30-19-21-31(22-20-30)46-35-17-9-16-33(39(35)44-41(46)38-32-14-6-4-10-26(32)18-23-36(38)47)27-12-8-13-29(24-27)42-45-40-34-15-7-5-11-28(34)25-37(40)48-42/h4-24,37,40,47H,25H2,1-3H3/t37-,40+/m0/s1. The first-order chi connectivity index (χ1) is 23.3. The molecule has 0 saturated heterocycles. The van der Waals surface area contributed by atoms with Gasteiger partial charge in [-0.1, -0.05) is 112 Å². The van der Waals surface area contributed by atoms with Crippen LogP contribution in [0.5, 0.6) is 5.75 Å². The Morgan fingerprint density at radius 1 is 0.771 bits per heavy atom. The van der Waals surface area contributed by atoms with E-state index in [-0.39, 0.29) is 23.3 Å². The van der Waals surface area contributed by atoms with Crippen molar-refractivity contribution in [3.05, 3.63) is 150 Å². The number of hydrogen-bond acceptors (Lipinski definition) is 4. The predicted octanol–water partition coefficient (Wildman–Crippen LogP) is 9.96. The van der Waals surface area contributed by atoms with E-state index in [1.54, 1.807) is 6.07 Å². The fraction of sp³-hybridized carbons (Fsp3) is 0.163. The van der Waals surface area contributed by atoms with Crippen molar-refractivity contribution in [3.63, 3.8) is 0 Å². The topological polar surface area (TPSA) is 59.6 Å². The minimum absolute atomic E-state index is 0.0276. The van der Waals surface area contributed by atoms with Gasteiger partial charge in [0.05, 0.1) is 16.6 Å². The van der Waals surface area contributed by atoms with Crippen molar-refractivity contribution in [2.24, 2.45) is 4.99 Å². The number of phenolic OH excluding ortho intramolecular Hbond substituents is 1. The van der Waals surface area contributed by atoms with E-state index < -0.39 is 0 Å². The van der Waals surface area contributed by atoms with Crippen LogP contribution in [0.2, 0.25) is 0 Å². The van der Waals surface area contributed by atoms with Crippen molar-refractivity contribution in [1.29, 1.82) is 0 Å². The summed E-state index contributed by atoms with van der Waals surface area (Å²) in [7, 11) is 0. The van der Waals surface area contributed by atoms with Gasteiger partial charge in [0.1, 0.15) is 23.7 Å². The second kappa shape index (κ2) is 10.7. The molecule has 0 fully saturated rings. The molecule has 0 unspecified atom stereocenters. The van der Waals surface area contributed by atoms with Gasteiger partial charge in [-0.2, -0.15) is 0 Å². The molecule has 6 aromatic carbocycles. The van der Waals surface area contributed by atoms with Crippen LogP contribution in [0.4, 0.5) is 0 Å². The average molecular weight is 626 g/mol. The Morgan fingerprint density at radius 2 is 1.54 bits per heavy atom. The molecule has 0 amide bonds. The fourth-order valence-electron chi connectivity index (χ4n) is 7.43. The van der Waals surface area contributed by atoms with E-state index in [9.17, 15) is 5.11 Å². The van der Waals surface area contributed by atoms with E-state index in [4.69, 9.17) is 14.7 Å². The van der Waals surface area contributed by atoms with Crippen LogP contribution in [-0.2, 0) is 16.6 Å². The van der Waals surface area contributed by atoms with E-state index >= 15 is 0 Å². The molecule has 48 heavy (non-hydrogen) atoms. The highest BCUT2D eigenvalue weighted by Gasteiger charge is 2.39. The van der Waals surface area contributed by atoms with E-state index in [0.717, 1.165) is 50.6 Å². The zero-order valence-corrected chi connectivity index (χ0v) is 27.2. The van der Waals surface area contributed by atoms with Gasteiger partial charge in [-0.25, -0.2) is 9.98 Å². The van der Waals surface area contributed by atoms with E-state index in [1.807, 2.05) is 18.2 Å². The Morgan fingerprint density at radius 3 is 2.40 bits per heavy atom. The third-order valence-corrected chi connectivity index (χ3v) is 9.89. The highest BCUT2D eigenvalue weighted by atomic mass is 16.5. The number of para-hydroxylation sites is 1. The summed E-state index contributed by atoms with van der Waals surface area (Å²) in [5.74, 6) is 1.59. The van der Waals surface area contributed by atoms with E-state index in [2.05, 4.69) is 128 Å². The minimum atomic E-state index is 0.0276. The lowest BCUT2D eigenvalue weighted by Gasteiger charge is -2.20. The lowest BCUT2D eigenvalue weighted by atomic mass is 9.87. The number of benzene rings is 6. The molecule has 2 heterocycles. The third kappa shape index (κ3) is 4.53. The average Bonchev–Trinajstić information content (AvgIpc) is 3.79. The van der Waals surface area contributed by atoms with Crippen LogP contribution in [0, 0.1) is 0 Å². The van der Waals surface area contributed by atoms with Gasteiger partial charge in [-0.15, -0.1) is 0 Å². The van der Waals surface area contributed by atoms with Crippen molar-refractivity contribution in [2.45, 2.75) is 44.8 Å². The number of fused-ring (bicyclic) bond motifs is 5. The number of phenols is 1. The maximum atomic E-state index is 11.4. The first-order valence-corrected chi connectivity index (χ1v) is 16.6. The molecule has 1 aliphatic heterocycles. The van der Waals surface area contributed by atoms with E-state index in [1.165, 1.54) is 16.7 Å². The maximum Gasteiger partial charge on any atom is 0.217 e. The minimum Gasteiger partial charge on any atom is -0.507 e. The normalized spacial score (nSPS) is 16.9. The first kappa shape index (κ1) is 28.5. The van der Waals surface area contributed by atoms with Gasteiger partial charge in [0, 0.05) is 23.2 Å². The molecule has 0 spiro atoms. The maximum absolute atomic E-state index is 11.4. The number of rotatable bonds is 4. The Labute approximate surface area is 279 Å². The summed E-state index contributed by atoms with van der Waals surface area (Å²) in [6.07, 6.45) is 0.922. The second-order valence-electron chi connectivity index (χ2n) is 13.9. The van der Waals surface area contributed by atoms with Crippen molar-refractivity contribution in [2.75, 3.05) is 0 Å². The first-order valence-electron chi connectivity index (χ1n) is 16.6. The lowest BCUT2D eigenvalue weighted by molar-refractivity contribution is 0.206. The van der Waals surface area contributed by atoms with E-state index in [0.29, 0.717) is 17.3 Å². The molecule has 234 valence electrons. The summed E-state index contributed by atoms with van der Waals surface area (Å²) in [6, 6.07) is 43.9. The van der Waals surface area contributed by atoms with Gasteiger partial charge in [-0.3, -0.25) is 4.57 Å². The summed E-state index contributed by atoms with van der Waals surface area (Å²) in [6.45, 7) is 6.67. The Hall–Kier alpha value is -5.68. The third-order valence-electron chi connectivity index (χ3n) is 9.89. The van der Waals surface area contributed by atoms with Gasteiger partial charge in [0.25, 0.3) is 0 Å². The Balaban J connectivity index is 1.22. The molecule has 1 aromatic heterocycles. The highest BCUT2D eigenvalue weighted by molar-refractivity contribution is 6.03. The SMILES string of the molecule is CC(C)(C)c1ccc(-n2c(-c3c(O)ccc4ccccc34)nc3c(-c4cccc(C5=N[C@@H]6c7ccccc7C[C@@H]6O5)c4)cccc32)cc1. The number of ether oxygens (including phenoxy) is 1. The fourth-order valence-corrected chi connectivity index (χ4v) is 7.43. The van der Waals surface area contributed by atoms with Crippen LogP contribution >= 0.6 is 0 Å². The van der Waals surface area contributed by atoms with Crippen LogP contribution < -0.4 is 0 Å². The molecular weight excluding hydrogens is 590 g/mol. The number of nitrogens with zero attached hydrogens (tertiary/aromatic N) is 3. The Bertz CT molecular complexity index is 2410. The van der Waals surface area contributed by atoms with Gasteiger partial charge in [-0.05, 0) is 74.8 Å². The highest BCUT2D eigenvalue weighted by Crippen LogP contribution is 2.43. The number of aliphatic imine (C=N–C) groups is 1. The van der Waals surface area contributed by atoms with Crippen LogP contribution in [0.25, 0.3) is 50.0 Å². The van der Waals surface area contributed by atoms with Crippen molar-refractivity contribution >= 4 is 27.7 Å². The van der Waals surface area contributed by atoms with Crippen molar-refractivity contribution in [1.82, 2.24) is 9.55 Å². The lowest BCUT2D eigenvalue weighted by Crippen LogP contribution is -2.13. The van der Waals surface area contributed by atoms with Gasteiger partial charge in [0.15, 0.2) is 0 Å². The molecule has 9 rings (SSSR count). The summed E-state index contributed by atoms with van der Waals surface area (Å²) < 4.78 is 8.64. The molecular formula is C43H35N3O2. The molecule has 7 aromatic rings. The molecule has 1 aliphatic carbocycles. The van der Waals surface area contributed by atoms with Crippen LogP contribution in [0.1, 0.15) is 49.1 Å². The van der Waals surface area contributed by atoms with Crippen LogP contribution in [0.3, 0.4) is 0 Å². The number of hydrogen-bond donors (Lipinski definition) is 1. The quantitative estimate of drug-likeness (QED) is 0.212. The molecule has 5 nitrogen and oxygen atoms in total. The van der Waals surface area contributed by atoms with Crippen LogP contribution in [0.15, 0.2) is 132 Å². The molecule has 0 bridgehead atoms. The molecule has 2 atom stereocenters. The second-order valence-corrected chi connectivity index (χ2v) is 13.9. The summed E-state index contributed by atoms with van der Waals surface area (Å²) in [4.78, 5) is 10.4. The molecule has 1 N–H and O–H groups in total. The smallest absolute Gasteiger partial charge is 0.217 e. The zero-order chi connectivity index (χ0) is 32.6. The number of aromatic nitrogens is 2. The van der Waals surface area contributed by atoms with Gasteiger partial charge in [0.2, 0.25) is 5.90 Å². The zero-order valence-electron chi connectivity index (χ0n) is 27.2. The number of aromatic hydroxyl groups is 1.